The van der Waals surface area contributed by atoms with Crippen molar-refractivity contribution >= 4 is 11.0 Å². The van der Waals surface area contributed by atoms with Crippen LogP contribution in [0.4, 0.5) is 8.78 Å². The standard InChI is InChI=1S/C14H8F2N4/c15-11-4-13-14(5-12(11)16)20(8-19-13)7-9-1-2-18-10(3-9)6-17/h1-5,8H,7H2. The molecule has 0 bridgehead atoms. The number of hydrogen-bond acceptors (Lipinski definition) is 3. The largest absolute Gasteiger partial charge is 0.326 e. The van der Waals surface area contributed by atoms with E-state index in [4.69, 9.17) is 5.26 Å². The lowest BCUT2D eigenvalue weighted by molar-refractivity contribution is 0.510. The van der Waals surface area contributed by atoms with E-state index in [1.165, 1.54) is 12.5 Å². The maximum atomic E-state index is 13.3. The number of imidazole rings is 1. The van der Waals surface area contributed by atoms with Crippen molar-refractivity contribution in [2.75, 3.05) is 0 Å². The second-order valence-corrected chi connectivity index (χ2v) is 4.29. The van der Waals surface area contributed by atoms with Crippen LogP contribution in [-0.2, 0) is 6.54 Å². The lowest BCUT2D eigenvalue weighted by Crippen LogP contribution is -1.99. The number of rotatable bonds is 2. The second-order valence-electron chi connectivity index (χ2n) is 4.29. The van der Waals surface area contributed by atoms with E-state index in [2.05, 4.69) is 9.97 Å². The van der Waals surface area contributed by atoms with E-state index in [-0.39, 0.29) is 0 Å². The number of halogens is 2. The average molecular weight is 270 g/mol. The van der Waals surface area contributed by atoms with Crippen molar-refractivity contribution in [1.29, 1.82) is 5.26 Å². The number of nitrogens with zero attached hydrogens (tertiary/aromatic N) is 4. The van der Waals surface area contributed by atoms with Crippen LogP contribution in [0.15, 0.2) is 36.8 Å². The van der Waals surface area contributed by atoms with Crippen molar-refractivity contribution in [3.05, 3.63) is 59.7 Å². The lowest BCUT2D eigenvalue weighted by atomic mass is 10.2. The maximum Gasteiger partial charge on any atom is 0.161 e. The monoisotopic (exact) mass is 270 g/mol. The van der Waals surface area contributed by atoms with E-state index >= 15 is 0 Å². The third-order valence-electron chi connectivity index (χ3n) is 2.95. The van der Waals surface area contributed by atoms with Crippen molar-refractivity contribution in [2.45, 2.75) is 6.54 Å². The Morgan fingerprint density at radius 3 is 2.75 bits per heavy atom. The molecule has 3 rings (SSSR count). The average Bonchev–Trinajstić information content (AvgIpc) is 2.82. The molecule has 0 unspecified atom stereocenters. The van der Waals surface area contributed by atoms with E-state index in [1.54, 1.807) is 16.7 Å². The third-order valence-corrected chi connectivity index (χ3v) is 2.95. The van der Waals surface area contributed by atoms with Crippen LogP contribution in [0.1, 0.15) is 11.3 Å². The first-order valence-corrected chi connectivity index (χ1v) is 5.82. The molecule has 0 aliphatic heterocycles. The van der Waals surface area contributed by atoms with Gasteiger partial charge in [0, 0.05) is 24.9 Å². The Balaban J connectivity index is 2.02. The molecule has 0 saturated heterocycles. The fraction of sp³-hybridized carbons (Fsp3) is 0.0714. The highest BCUT2D eigenvalue weighted by molar-refractivity contribution is 5.75. The number of fused-ring (bicyclic) bond motifs is 1. The van der Waals surface area contributed by atoms with Crippen LogP contribution in [-0.4, -0.2) is 14.5 Å². The summed E-state index contributed by atoms with van der Waals surface area (Å²) < 4.78 is 28.1. The first kappa shape index (κ1) is 12.2. The van der Waals surface area contributed by atoms with Gasteiger partial charge in [0.1, 0.15) is 11.8 Å². The zero-order chi connectivity index (χ0) is 14.1. The van der Waals surface area contributed by atoms with Gasteiger partial charge >= 0.3 is 0 Å². The fourth-order valence-corrected chi connectivity index (χ4v) is 2.01. The Kier molecular flexibility index (Phi) is 2.88. The quantitative estimate of drug-likeness (QED) is 0.719. The minimum Gasteiger partial charge on any atom is -0.326 e. The Morgan fingerprint density at radius 1 is 1.15 bits per heavy atom. The summed E-state index contributed by atoms with van der Waals surface area (Å²) in [4.78, 5) is 7.91. The van der Waals surface area contributed by atoms with Crippen LogP contribution >= 0.6 is 0 Å². The van der Waals surface area contributed by atoms with E-state index in [0.717, 1.165) is 17.7 Å². The summed E-state index contributed by atoms with van der Waals surface area (Å²) in [6, 6.07) is 7.54. The molecular formula is C14H8F2N4. The van der Waals surface area contributed by atoms with Gasteiger partial charge in [0.25, 0.3) is 0 Å². The third kappa shape index (κ3) is 2.10. The SMILES string of the molecule is N#Cc1cc(Cn2cnc3cc(F)c(F)cc32)ccn1. The number of aromatic nitrogens is 3. The number of benzene rings is 1. The highest BCUT2D eigenvalue weighted by Crippen LogP contribution is 2.18. The molecule has 0 aliphatic rings. The van der Waals surface area contributed by atoms with Gasteiger partial charge in [0.15, 0.2) is 11.6 Å². The van der Waals surface area contributed by atoms with Gasteiger partial charge in [-0.2, -0.15) is 5.26 Å². The molecule has 20 heavy (non-hydrogen) atoms. The molecule has 0 N–H and O–H groups in total. The van der Waals surface area contributed by atoms with Crippen LogP contribution in [0.2, 0.25) is 0 Å². The summed E-state index contributed by atoms with van der Waals surface area (Å²) in [7, 11) is 0. The van der Waals surface area contributed by atoms with Crippen LogP contribution in [0, 0.1) is 23.0 Å². The second kappa shape index (κ2) is 4.70. The number of nitriles is 1. The van der Waals surface area contributed by atoms with E-state index in [9.17, 15) is 8.78 Å². The van der Waals surface area contributed by atoms with Gasteiger partial charge in [-0.15, -0.1) is 0 Å². The molecule has 6 heteroatoms. The van der Waals surface area contributed by atoms with Gasteiger partial charge in [-0.3, -0.25) is 0 Å². The van der Waals surface area contributed by atoms with Crippen LogP contribution in [0.25, 0.3) is 11.0 Å². The van der Waals surface area contributed by atoms with Crippen molar-refractivity contribution in [1.82, 2.24) is 14.5 Å². The highest BCUT2D eigenvalue weighted by Gasteiger charge is 2.09. The number of hydrogen-bond donors (Lipinski definition) is 0. The normalized spacial score (nSPS) is 10.7. The zero-order valence-corrected chi connectivity index (χ0v) is 10.2. The molecule has 2 aromatic heterocycles. The summed E-state index contributed by atoms with van der Waals surface area (Å²) >= 11 is 0. The first-order chi connectivity index (χ1) is 9.67. The Morgan fingerprint density at radius 2 is 1.95 bits per heavy atom. The number of pyridine rings is 1. The molecule has 0 atom stereocenters. The summed E-state index contributed by atoms with van der Waals surface area (Å²) in [6.07, 6.45) is 3.04. The molecule has 4 nitrogen and oxygen atoms in total. The topological polar surface area (TPSA) is 54.5 Å². The molecule has 0 radical (unpaired) electrons. The first-order valence-electron chi connectivity index (χ1n) is 5.82. The van der Waals surface area contributed by atoms with Gasteiger partial charge in [0.2, 0.25) is 0 Å². The Labute approximate surface area is 112 Å². The smallest absolute Gasteiger partial charge is 0.161 e. The Bertz CT molecular complexity index is 833. The molecule has 0 aliphatic carbocycles. The molecular weight excluding hydrogens is 262 g/mol. The van der Waals surface area contributed by atoms with Gasteiger partial charge in [-0.05, 0) is 17.7 Å². The minimum atomic E-state index is -0.918. The lowest BCUT2D eigenvalue weighted by Gasteiger charge is -2.05. The fourth-order valence-electron chi connectivity index (χ4n) is 2.01. The van der Waals surface area contributed by atoms with Crippen LogP contribution in [0.5, 0.6) is 0 Å². The molecule has 0 amide bonds. The summed E-state index contributed by atoms with van der Waals surface area (Å²) in [5.74, 6) is -1.83. The van der Waals surface area contributed by atoms with Gasteiger partial charge in [-0.25, -0.2) is 18.7 Å². The Hall–Kier alpha value is -2.81. The van der Waals surface area contributed by atoms with E-state index < -0.39 is 11.6 Å². The zero-order valence-electron chi connectivity index (χ0n) is 10.2. The van der Waals surface area contributed by atoms with Gasteiger partial charge in [0.05, 0.1) is 17.4 Å². The van der Waals surface area contributed by atoms with Crippen LogP contribution in [0.3, 0.4) is 0 Å². The molecule has 2 heterocycles. The molecule has 3 aromatic rings. The van der Waals surface area contributed by atoms with Crippen LogP contribution < -0.4 is 0 Å². The molecule has 0 spiro atoms. The highest BCUT2D eigenvalue weighted by atomic mass is 19.2. The molecule has 1 aromatic carbocycles. The van der Waals surface area contributed by atoms with Crippen molar-refractivity contribution < 1.29 is 8.78 Å². The predicted octanol–water partition coefficient (Wildman–Crippen LogP) is 2.63. The molecule has 98 valence electrons. The van der Waals surface area contributed by atoms with Gasteiger partial charge in [-0.1, -0.05) is 0 Å². The summed E-state index contributed by atoms with van der Waals surface area (Å²) in [6.45, 7) is 0.402. The van der Waals surface area contributed by atoms with Crippen molar-refractivity contribution in [3.63, 3.8) is 0 Å². The maximum absolute atomic E-state index is 13.3. The molecule has 0 fully saturated rings. The van der Waals surface area contributed by atoms with Crippen molar-refractivity contribution in [2.24, 2.45) is 0 Å². The van der Waals surface area contributed by atoms with Gasteiger partial charge < -0.3 is 4.57 Å². The summed E-state index contributed by atoms with van der Waals surface area (Å²) in [5.41, 5.74) is 2.03. The predicted molar refractivity (Wildman–Crippen MR) is 67.7 cm³/mol. The summed E-state index contributed by atoms with van der Waals surface area (Å²) in [5, 5.41) is 8.80. The van der Waals surface area contributed by atoms with Crippen molar-refractivity contribution in [3.8, 4) is 6.07 Å². The van der Waals surface area contributed by atoms with E-state index in [1.807, 2.05) is 6.07 Å². The minimum absolute atomic E-state index is 0.309. The van der Waals surface area contributed by atoms with E-state index in [0.29, 0.717) is 23.3 Å². The molecule has 0 saturated carbocycles.